The number of carboxylic acids is 1. The van der Waals surface area contributed by atoms with E-state index in [2.05, 4.69) is 5.32 Å². The molecule has 104 valence electrons. The summed E-state index contributed by atoms with van der Waals surface area (Å²) in [6.07, 6.45) is 0. The number of carbonyl (C=O) groups excluding carboxylic acids is 1. The Labute approximate surface area is 114 Å². The van der Waals surface area contributed by atoms with Crippen molar-refractivity contribution in [1.29, 1.82) is 0 Å². The molecule has 0 aromatic heterocycles. The molecule has 2 aromatic carbocycles. The molecule has 2 aromatic rings. The molecule has 0 saturated heterocycles. The Bertz CT molecular complexity index is 668. The Kier molecular flexibility index (Phi) is 3.86. The highest BCUT2D eigenvalue weighted by Gasteiger charge is 2.21. The van der Waals surface area contributed by atoms with E-state index in [0.717, 1.165) is 5.39 Å². The average Bonchev–Trinajstić information content (AvgIpc) is 2.44. The number of phenols is 1. The van der Waals surface area contributed by atoms with Crippen LogP contribution in [0.3, 0.4) is 0 Å². The number of aliphatic hydroxyl groups excluding tert-OH is 1. The highest BCUT2D eigenvalue weighted by Crippen LogP contribution is 2.28. The van der Waals surface area contributed by atoms with E-state index in [0.29, 0.717) is 5.39 Å². The molecule has 1 atom stereocenters. The Balaban J connectivity index is 2.35. The zero-order valence-electron chi connectivity index (χ0n) is 10.4. The first-order chi connectivity index (χ1) is 9.54. The summed E-state index contributed by atoms with van der Waals surface area (Å²) < 4.78 is 0. The second-order valence-electron chi connectivity index (χ2n) is 4.23. The van der Waals surface area contributed by atoms with E-state index in [1.807, 2.05) is 0 Å². The van der Waals surface area contributed by atoms with Gasteiger partial charge in [-0.1, -0.05) is 30.3 Å². The number of carbonyl (C=O) groups is 2. The van der Waals surface area contributed by atoms with Crippen LogP contribution in [0.5, 0.6) is 5.75 Å². The monoisotopic (exact) mass is 275 g/mol. The van der Waals surface area contributed by atoms with Crippen LogP contribution in [-0.4, -0.2) is 39.8 Å². The smallest absolute Gasteiger partial charge is 0.328 e. The lowest BCUT2D eigenvalue weighted by molar-refractivity contribution is -0.140. The van der Waals surface area contributed by atoms with Crippen molar-refractivity contribution in [3.8, 4) is 5.75 Å². The maximum absolute atomic E-state index is 11.9. The van der Waals surface area contributed by atoms with Crippen LogP contribution in [0.1, 0.15) is 10.4 Å². The number of aromatic hydroxyl groups is 1. The van der Waals surface area contributed by atoms with E-state index in [-0.39, 0.29) is 11.3 Å². The fourth-order valence-corrected chi connectivity index (χ4v) is 1.86. The second-order valence-corrected chi connectivity index (χ2v) is 4.23. The minimum atomic E-state index is -1.41. The molecule has 0 spiro atoms. The van der Waals surface area contributed by atoms with Gasteiger partial charge in [-0.2, -0.15) is 0 Å². The molecule has 1 unspecified atom stereocenters. The zero-order valence-corrected chi connectivity index (χ0v) is 10.4. The van der Waals surface area contributed by atoms with Gasteiger partial charge in [-0.3, -0.25) is 4.79 Å². The predicted octanol–water partition coefficient (Wildman–Crippen LogP) is 0.721. The summed E-state index contributed by atoms with van der Waals surface area (Å²) in [5.74, 6) is -2.32. The molecule has 4 N–H and O–H groups in total. The minimum absolute atomic E-state index is 0.0385. The van der Waals surface area contributed by atoms with Gasteiger partial charge in [0.05, 0.1) is 12.2 Å². The molecule has 0 saturated carbocycles. The standard InChI is InChI=1S/C14H13NO5/c16-7-11(14(19)20)15-13(18)10-6-5-8-3-1-2-4-9(8)12(10)17/h1-6,11,16-17H,7H2,(H,15,18)(H,19,20). The Morgan fingerprint density at radius 3 is 2.50 bits per heavy atom. The first-order valence-electron chi connectivity index (χ1n) is 5.90. The van der Waals surface area contributed by atoms with Crippen molar-refractivity contribution in [2.45, 2.75) is 6.04 Å². The molecule has 1 amide bonds. The number of aliphatic hydroxyl groups is 1. The van der Waals surface area contributed by atoms with Crippen LogP contribution in [0, 0.1) is 0 Å². The van der Waals surface area contributed by atoms with Crippen LogP contribution < -0.4 is 5.32 Å². The molecule has 0 aliphatic carbocycles. The molecule has 0 fully saturated rings. The lowest BCUT2D eigenvalue weighted by atomic mass is 10.0. The molecule has 6 nitrogen and oxygen atoms in total. The van der Waals surface area contributed by atoms with Crippen LogP contribution >= 0.6 is 0 Å². The first kappa shape index (κ1) is 13.8. The number of aliphatic carboxylic acids is 1. The minimum Gasteiger partial charge on any atom is -0.506 e. The SMILES string of the molecule is O=C(NC(CO)C(=O)O)c1ccc2ccccc2c1O. The van der Waals surface area contributed by atoms with E-state index >= 15 is 0 Å². The third-order valence-corrected chi connectivity index (χ3v) is 2.93. The predicted molar refractivity (Wildman–Crippen MR) is 71.6 cm³/mol. The quantitative estimate of drug-likeness (QED) is 0.657. The Morgan fingerprint density at radius 2 is 1.85 bits per heavy atom. The normalized spacial score (nSPS) is 12.1. The maximum atomic E-state index is 11.9. The maximum Gasteiger partial charge on any atom is 0.328 e. The molecule has 0 radical (unpaired) electrons. The molecular formula is C14H13NO5. The van der Waals surface area contributed by atoms with Gasteiger partial charge in [-0.25, -0.2) is 4.79 Å². The zero-order chi connectivity index (χ0) is 14.7. The number of rotatable bonds is 4. The van der Waals surface area contributed by atoms with Crippen molar-refractivity contribution >= 4 is 22.6 Å². The van der Waals surface area contributed by atoms with Crippen LogP contribution in [-0.2, 0) is 4.79 Å². The number of nitrogens with one attached hydrogen (secondary N) is 1. The van der Waals surface area contributed by atoms with Crippen molar-refractivity contribution in [1.82, 2.24) is 5.32 Å². The average molecular weight is 275 g/mol. The summed E-state index contributed by atoms with van der Waals surface area (Å²) in [6, 6.07) is 8.60. The van der Waals surface area contributed by atoms with Gasteiger partial charge in [0.2, 0.25) is 0 Å². The number of fused-ring (bicyclic) bond motifs is 1. The number of hydrogen-bond acceptors (Lipinski definition) is 4. The Hall–Kier alpha value is -2.60. The van der Waals surface area contributed by atoms with Gasteiger partial charge in [0.1, 0.15) is 5.75 Å². The van der Waals surface area contributed by atoms with Crippen LogP contribution in [0.2, 0.25) is 0 Å². The lowest BCUT2D eigenvalue weighted by Gasteiger charge is -2.13. The van der Waals surface area contributed by atoms with Gasteiger partial charge in [0.25, 0.3) is 5.91 Å². The third-order valence-electron chi connectivity index (χ3n) is 2.93. The summed E-state index contributed by atoms with van der Waals surface area (Å²) >= 11 is 0. The van der Waals surface area contributed by atoms with Crippen LogP contribution in [0.25, 0.3) is 10.8 Å². The molecule has 6 heteroatoms. The highest BCUT2D eigenvalue weighted by atomic mass is 16.4. The third kappa shape index (κ3) is 2.55. The van der Waals surface area contributed by atoms with Crippen molar-refractivity contribution < 1.29 is 24.9 Å². The number of amides is 1. The topological polar surface area (TPSA) is 107 Å². The Morgan fingerprint density at radius 1 is 1.15 bits per heavy atom. The van der Waals surface area contributed by atoms with E-state index in [1.54, 1.807) is 30.3 Å². The largest absolute Gasteiger partial charge is 0.506 e. The summed E-state index contributed by atoms with van der Waals surface area (Å²) in [6.45, 7) is -0.727. The van der Waals surface area contributed by atoms with E-state index in [4.69, 9.17) is 10.2 Å². The fraction of sp³-hybridized carbons (Fsp3) is 0.143. The van der Waals surface area contributed by atoms with Gasteiger partial charge >= 0.3 is 5.97 Å². The second kappa shape index (κ2) is 5.58. The fourth-order valence-electron chi connectivity index (χ4n) is 1.86. The van der Waals surface area contributed by atoms with Gasteiger partial charge in [0, 0.05) is 5.39 Å². The van der Waals surface area contributed by atoms with E-state index in [1.165, 1.54) is 6.07 Å². The summed E-state index contributed by atoms with van der Waals surface area (Å²) in [5, 5.41) is 31.1. The number of benzene rings is 2. The van der Waals surface area contributed by atoms with Gasteiger partial charge < -0.3 is 20.6 Å². The summed E-state index contributed by atoms with van der Waals surface area (Å²) in [5.41, 5.74) is -0.0385. The molecule has 0 bridgehead atoms. The summed E-state index contributed by atoms with van der Waals surface area (Å²) in [4.78, 5) is 22.7. The number of hydrogen-bond donors (Lipinski definition) is 4. The summed E-state index contributed by atoms with van der Waals surface area (Å²) in [7, 11) is 0. The van der Waals surface area contributed by atoms with Crippen molar-refractivity contribution in [3.63, 3.8) is 0 Å². The molecule has 0 aliphatic heterocycles. The van der Waals surface area contributed by atoms with Gasteiger partial charge in [-0.15, -0.1) is 0 Å². The first-order valence-corrected chi connectivity index (χ1v) is 5.90. The molecule has 0 aliphatic rings. The number of phenolic OH excluding ortho intramolecular Hbond substituents is 1. The van der Waals surface area contributed by atoms with Crippen molar-refractivity contribution in [2.75, 3.05) is 6.61 Å². The van der Waals surface area contributed by atoms with Crippen LogP contribution in [0.15, 0.2) is 36.4 Å². The van der Waals surface area contributed by atoms with Gasteiger partial charge in [-0.05, 0) is 11.5 Å². The highest BCUT2D eigenvalue weighted by molar-refractivity contribution is 6.04. The lowest BCUT2D eigenvalue weighted by Crippen LogP contribution is -2.43. The molecule has 2 rings (SSSR count). The van der Waals surface area contributed by atoms with Gasteiger partial charge in [0.15, 0.2) is 6.04 Å². The van der Waals surface area contributed by atoms with Crippen LogP contribution in [0.4, 0.5) is 0 Å². The van der Waals surface area contributed by atoms with E-state index in [9.17, 15) is 14.7 Å². The number of carboxylic acid groups (broad SMARTS) is 1. The molecular weight excluding hydrogens is 262 g/mol. The molecule has 20 heavy (non-hydrogen) atoms. The molecule has 0 heterocycles. The van der Waals surface area contributed by atoms with Crippen molar-refractivity contribution in [2.24, 2.45) is 0 Å². The van der Waals surface area contributed by atoms with Crippen molar-refractivity contribution in [3.05, 3.63) is 42.0 Å². The van der Waals surface area contributed by atoms with E-state index < -0.39 is 24.5 Å².